The Morgan fingerprint density at radius 3 is 2.50 bits per heavy atom. The van der Waals surface area contributed by atoms with E-state index in [2.05, 4.69) is 26.5 Å². The van der Waals surface area contributed by atoms with Gasteiger partial charge in [0.2, 0.25) is 0 Å². The molecule has 144 valence electrons. The van der Waals surface area contributed by atoms with Crippen LogP contribution in [0.4, 0.5) is 24.5 Å². The number of hydrogen-bond donors (Lipinski definition) is 1. The molecule has 10 heteroatoms. The molecule has 1 heterocycles. The third kappa shape index (κ3) is 4.39. The molecule has 3 aromatic rings. The van der Waals surface area contributed by atoms with E-state index in [1.165, 1.54) is 6.21 Å². The zero-order chi connectivity index (χ0) is 20.3. The summed E-state index contributed by atoms with van der Waals surface area (Å²) in [6, 6.07) is 13.3. The fourth-order valence-electron chi connectivity index (χ4n) is 2.46. The van der Waals surface area contributed by atoms with Crippen molar-refractivity contribution < 1.29 is 18.1 Å². The van der Waals surface area contributed by atoms with Gasteiger partial charge >= 0.3 is 6.18 Å². The van der Waals surface area contributed by atoms with Crippen LogP contribution in [0.5, 0.6) is 0 Å². The van der Waals surface area contributed by atoms with Crippen molar-refractivity contribution in [2.45, 2.75) is 6.18 Å². The maximum absolute atomic E-state index is 12.8. The third-order valence-corrected chi connectivity index (χ3v) is 4.32. The minimum Gasteiger partial charge on any atom is -0.316 e. The first kappa shape index (κ1) is 19.6. The standard InChI is InChI=1S/C18H12BrF3N4O2/c19-13-4-6-14(7-5-13)25-9-1-2-15(25)11-23-24-16-8-3-12(18(20,21)22)10-17(16)26(27)28/h1-11,24H/b23-11-. The van der Waals surface area contributed by atoms with Gasteiger partial charge in [-0.05, 0) is 48.5 Å². The summed E-state index contributed by atoms with van der Waals surface area (Å²) >= 11 is 3.36. The topological polar surface area (TPSA) is 72.5 Å². The van der Waals surface area contributed by atoms with Crippen LogP contribution in [0, 0.1) is 10.1 Å². The fraction of sp³-hybridized carbons (Fsp3) is 0.0556. The van der Waals surface area contributed by atoms with Crippen molar-refractivity contribution in [3.63, 3.8) is 0 Å². The monoisotopic (exact) mass is 452 g/mol. The van der Waals surface area contributed by atoms with E-state index in [-0.39, 0.29) is 5.69 Å². The molecule has 0 radical (unpaired) electrons. The van der Waals surface area contributed by atoms with Gasteiger partial charge in [-0.15, -0.1) is 0 Å². The minimum absolute atomic E-state index is 0.143. The molecule has 6 nitrogen and oxygen atoms in total. The molecule has 0 aliphatic heterocycles. The zero-order valence-electron chi connectivity index (χ0n) is 14.0. The Bertz CT molecular complexity index is 1030. The fourth-order valence-corrected chi connectivity index (χ4v) is 2.72. The molecule has 0 unspecified atom stereocenters. The van der Waals surface area contributed by atoms with E-state index >= 15 is 0 Å². The van der Waals surface area contributed by atoms with Crippen LogP contribution in [-0.2, 0) is 6.18 Å². The number of alkyl halides is 3. The van der Waals surface area contributed by atoms with E-state index in [1.54, 1.807) is 12.1 Å². The van der Waals surface area contributed by atoms with E-state index in [0.717, 1.165) is 22.3 Å². The van der Waals surface area contributed by atoms with E-state index in [9.17, 15) is 23.3 Å². The predicted octanol–water partition coefficient (Wildman–Crippen LogP) is 5.61. The van der Waals surface area contributed by atoms with Gasteiger partial charge in [0.1, 0.15) is 5.69 Å². The lowest BCUT2D eigenvalue weighted by molar-refractivity contribution is -0.384. The van der Waals surface area contributed by atoms with Crippen LogP contribution in [0.25, 0.3) is 5.69 Å². The summed E-state index contributed by atoms with van der Waals surface area (Å²) < 4.78 is 41.0. The summed E-state index contributed by atoms with van der Waals surface area (Å²) in [7, 11) is 0. The van der Waals surface area contributed by atoms with Gasteiger partial charge in [0.15, 0.2) is 0 Å². The molecular formula is C18H12BrF3N4O2. The molecule has 0 spiro atoms. The summed E-state index contributed by atoms with van der Waals surface area (Å²) in [6.07, 6.45) is -1.44. The Balaban J connectivity index is 1.83. The molecule has 3 rings (SSSR count). The van der Waals surface area contributed by atoms with Crippen molar-refractivity contribution >= 4 is 33.5 Å². The lowest BCUT2D eigenvalue weighted by Crippen LogP contribution is -2.07. The van der Waals surface area contributed by atoms with Crippen LogP contribution < -0.4 is 5.43 Å². The van der Waals surface area contributed by atoms with E-state index in [0.29, 0.717) is 11.8 Å². The van der Waals surface area contributed by atoms with Gasteiger partial charge in [-0.2, -0.15) is 18.3 Å². The number of benzene rings is 2. The van der Waals surface area contributed by atoms with Crippen LogP contribution >= 0.6 is 15.9 Å². The minimum atomic E-state index is -4.67. The Morgan fingerprint density at radius 2 is 1.86 bits per heavy atom. The lowest BCUT2D eigenvalue weighted by Gasteiger charge is -2.09. The summed E-state index contributed by atoms with van der Waals surface area (Å²) in [5.74, 6) is 0. The summed E-state index contributed by atoms with van der Waals surface area (Å²) in [5, 5.41) is 15.0. The summed E-state index contributed by atoms with van der Waals surface area (Å²) in [4.78, 5) is 10.2. The molecule has 0 amide bonds. The van der Waals surface area contributed by atoms with Crippen molar-refractivity contribution in [2.24, 2.45) is 5.10 Å². The quantitative estimate of drug-likeness (QED) is 0.310. The van der Waals surface area contributed by atoms with E-state index in [1.807, 2.05) is 35.0 Å². The molecule has 28 heavy (non-hydrogen) atoms. The highest BCUT2D eigenvalue weighted by molar-refractivity contribution is 9.10. The van der Waals surface area contributed by atoms with Crippen molar-refractivity contribution in [1.82, 2.24) is 4.57 Å². The number of nitrogens with zero attached hydrogens (tertiary/aromatic N) is 3. The highest BCUT2D eigenvalue weighted by Gasteiger charge is 2.33. The van der Waals surface area contributed by atoms with Crippen molar-refractivity contribution in [3.05, 3.63) is 86.6 Å². The summed E-state index contributed by atoms with van der Waals surface area (Å²) in [6.45, 7) is 0. The molecule has 0 saturated carbocycles. The molecule has 0 saturated heterocycles. The summed E-state index contributed by atoms with van der Waals surface area (Å²) in [5.41, 5.74) is 2.03. The number of hydrazone groups is 1. The molecule has 1 aromatic heterocycles. The highest BCUT2D eigenvalue weighted by Crippen LogP contribution is 2.34. The first-order chi connectivity index (χ1) is 13.3. The average Bonchev–Trinajstić information content (AvgIpc) is 3.10. The Hall–Kier alpha value is -3.14. The molecule has 1 N–H and O–H groups in total. The van der Waals surface area contributed by atoms with E-state index < -0.39 is 22.4 Å². The van der Waals surface area contributed by atoms with Crippen LogP contribution in [0.3, 0.4) is 0 Å². The number of nitro benzene ring substituents is 1. The average molecular weight is 453 g/mol. The Morgan fingerprint density at radius 1 is 1.14 bits per heavy atom. The molecule has 0 aliphatic rings. The van der Waals surface area contributed by atoms with Gasteiger partial charge in [0.05, 0.1) is 22.4 Å². The first-order valence-electron chi connectivity index (χ1n) is 7.84. The van der Waals surface area contributed by atoms with Gasteiger partial charge in [-0.3, -0.25) is 15.5 Å². The lowest BCUT2D eigenvalue weighted by atomic mass is 10.1. The number of hydrogen-bond acceptors (Lipinski definition) is 4. The SMILES string of the molecule is O=[N+]([O-])c1cc(C(F)(F)F)ccc1N/N=C\c1cccn1-c1ccc(Br)cc1. The highest BCUT2D eigenvalue weighted by atomic mass is 79.9. The second-order valence-electron chi connectivity index (χ2n) is 5.64. The normalized spacial score (nSPS) is 11.7. The van der Waals surface area contributed by atoms with Gasteiger partial charge in [0.25, 0.3) is 5.69 Å². The number of nitrogens with one attached hydrogen (secondary N) is 1. The van der Waals surface area contributed by atoms with Crippen molar-refractivity contribution in [3.8, 4) is 5.69 Å². The number of rotatable bonds is 5. The third-order valence-electron chi connectivity index (χ3n) is 3.79. The molecule has 0 atom stereocenters. The largest absolute Gasteiger partial charge is 0.416 e. The van der Waals surface area contributed by atoms with E-state index in [4.69, 9.17) is 0 Å². The van der Waals surface area contributed by atoms with Gasteiger partial charge in [0, 0.05) is 22.4 Å². The number of anilines is 1. The smallest absolute Gasteiger partial charge is 0.316 e. The van der Waals surface area contributed by atoms with Crippen LogP contribution in [0.15, 0.2) is 70.4 Å². The van der Waals surface area contributed by atoms with Crippen LogP contribution in [0.2, 0.25) is 0 Å². The number of nitro groups is 1. The van der Waals surface area contributed by atoms with Crippen molar-refractivity contribution in [1.29, 1.82) is 0 Å². The first-order valence-corrected chi connectivity index (χ1v) is 8.63. The van der Waals surface area contributed by atoms with Gasteiger partial charge in [-0.25, -0.2) is 0 Å². The Labute approximate surface area is 165 Å². The zero-order valence-corrected chi connectivity index (χ0v) is 15.6. The van der Waals surface area contributed by atoms with Crippen molar-refractivity contribution in [2.75, 3.05) is 5.43 Å². The maximum atomic E-state index is 12.8. The second kappa shape index (κ2) is 7.85. The van der Waals surface area contributed by atoms with Gasteiger partial charge in [-0.1, -0.05) is 15.9 Å². The second-order valence-corrected chi connectivity index (χ2v) is 6.55. The number of aromatic nitrogens is 1. The Kier molecular flexibility index (Phi) is 5.50. The van der Waals surface area contributed by atoms with Crippen LogP contribution in [-0.4, -0.2) is 15.7 Å². The van der Waals surface area contributed by atoms with Crippen LogP contribution in [0.1, 0.15) is 11.3 Å². The molecule has 0 aliphatic carbocycles. The predicted molar refractivity (Wildman–Crippen MR) is 103 cm³/mol. The maximum Gasteiger partial charge on any atom is 0.416 e. The number of halogens is 4. The van der Waals surface area contributed by atoms with Gasteiger partial charge < -0.3 is 4.57 Å². The molecule has 2 aromatic carbocycles. The molecular weight excluding hydrogens is 441 g/mol. The molecule has 0 fully saturated rings. The molecule has 0 bridgehead atoms.